The number of para-hydroxylation sites is 2. The number of aryl methyl sites for hydroxylation is 1. The van der Waals surface area contributed by atoms with Crippen LogP contribution in [0.3, 0.4) is 0 Å². The molecule has 1 aromatic carbocycles. The highest BCUT2D eigenvalue weighted by Gasteiger charge is 2.18. The summed E-state index contributed by atoms with van der Waals surface area (Å²) in [5.41, 5.74) is 1.41. The highest BCUT2D eigenvalue weighted by atomic mass is 32.1. The Morgan fingerprint density at radius 2 is 1.92 bits per heavy atom. The fourth-order valence-corrected chi connectivity index (χ4v) is 3.87. The van der Waals surface area contributed by atoms with Crippen LogP contribution in [-0.4, -0.2) is 40.6 Å². The van der Waals surface area contributed by atoms with Gasteiger partial charge < -0.3 is 10.2 Å². The van der Waals surface area contributed by atoms with Crippen molar-refractivity contribution in [2.24, 2.45) is 7.05 Å². The molecular formula is C18H22N4O2S. The number of hydrogen-bond acceptors (Lipinski definition) is 4. The molecule has 1 N–H and O–H groups in total. The first-order valence-electron chi connectivity index (χ1n) is 8.10. The van der Waals surface area contributed by atoms with Crippen LogP contribution < -0.4 is 11.0 Å². The van der Waals surface area contributed by atoms with E-state index in [1.807, 2.05) is 49.8 Å². The highest BCUT2D eigenvalue weighted by molar-refractivity contribution is 7.10. The Kier molecular flexibility index (Phi) is 5.06. The van der Waals surface area contributed by atoms with Crippen LogP contribution in [0.2, 0.25) is 0 Å². The molecule has 3 rings (SSSR count). The van der Waals surface area contributed by atoms with Crippen LogP contribution in [0.4, 0.5) is 0 Å². The standard InChI is InChI=1S/C18H22N4O2S/c1-20(2)15(16-9-6-10-25-16)11-19-17(23)12-22-14-8-5-4-7-13(14)21(3)18(22)24/h4-10,15H,11-12H2,1-3H3,(H,19,23). The van der Waals surface area contributed by atoms with E-state index in [1.165, 1.54) is 9.44 Å². The molecule has 25 heavy (non-hydrogen) atoms. The lowest BCUT2D eigenvalue weighted by atomic mass is 10.2. The summed E-state index contributed by atoms with van der Waals surface area (Å²) in [5, 5.41) is 4.99. The largest absolute Gasteiger partial charge is 0.353 e. The number of nitrogens with zero attached hydrogens (tertiary/aromatic N) is 3. The van der Waals surface area contributed by atoms with Gasteiger partial charge in [0.05, 0.1) is 17.1 Å². The molecule has 0 saturated carbocycles. The fraction of sp³-hybridized carbons (Fsp3) is 0.333. The number of amides is 1. The van der Waals surface area contributed by atoms with E-state index in [1.54, 1.807) is 23.0 Å². The van der Waals surface area contributed by atoms with Crippen molar-refractivity contribution >= 4 is 28.3 Å². The SMILES string of the molecule is CN(C)C(CNC(=O)Cn1c(=O)n(C)c2ccccc21)c1cccs1. The maximum absolute atomic E-state index is 12.4. The number of aromatic nitrogens is 2. The zero-order chi connectivity index (χ0) is 18.0. The van der Waals surface area contributed by atoms with Crippen LogP contribution in [0.5, 0.6) is 0 Å². The molecule has 0 radical (unpaired) electrons. The molecule has 0 spiro atoms. The predicted octanol–water partition coefficient (Wildman–Crippen LogP) is 1.82. The average Bonchev–Trinajstić information content (AvgIpc) is 3.19. The van der Waals surface area contributed by atoms with Gasteiger partial charge in [-0.1, -0.05) is 18.2 Å². The summed E-state index contributed by atoms with van der Waals surface area (Å²) in [7, 11) is 5.70. The number of thiophene rings is 1. The minimum Gasteiger partial charge on any atom is -0.353 e. The Hall–Kier alpha value is -2.38. The number of benzene rings is 1. The Balaban J connectivity index is 1.73. The van der Waals surface area contributed by atoms with Crippen LogP contribution in [0.15, 0.2) is 46.6 Å². The molecule has 1 unspecified atom stereocenters. The zero-order valence-corrected chi connectivity index (χ0v) is 15.4. The fourth-order valence-electron chi connectivity index (χ4n) is 2.94. The first-order valence-corrected chi connectivity index (χ1v) is 8.97. The van der Waals surface area contributed by atoms with E-state index in [-0.39, 0.29) is 24.2 Å². The van der Waals surface area contributed by atoms with E-state index < -0.39 is 0 Å². The Bertz CT molecular complexity index is 924. The Labute approximate surface area is 150 Å². The molecule has 2 aromatic heterocycles. The maximum atomic E-state index is 12.4. The molecule has 0 aliphatic rings. The Morgan fingerprint density at radius 3 is 2.56 bits per heavy atom. The van der Waals surface area contributed by atoms with Crippen molar-refractivity contribution < 1.29 is 4.79 Å². The van der Waals surface area contributed by atoms with Crippen molar-refractivity contribution in [3.63, 3.8) is 0 Å². The third kappa shape index (κ3) is 3.52. The topological polar surface area (TPSA) is 59.3 Å². The van der Waals surface area contributed by atoms with Gasteiger partial charge in [-0.3, -0.25) is 13.9 Å². The van der Waals surface area contributed by atoms with Gasteiger partial charge in [-0.25, -0.2) is 4.79 Å². The van der Waals surface area contributed by atoms with E-state index in [9.17, 15) is 9.59 Å². The zero-order valence-electron chi connectivity index (χ0n) is 14.6. The highest BCUT2D eigenvalue weighted by Crippen LogP contribution is 2.22. The summed E-state index contributed by atoms with van der Waals surface area (Å²) in [4.78, 5) is 28.1. The molecule has 7 heteroatoms. The monoisotopic (exact) mass is 358 g/mol. The van der Waals surface area contributed by atoms with E-state index >= 15 is 0 Å². The molecule has 0 fully saturated rings. The van der Waals surface area contributed by atoms with Crippen LogP contribution in [0.1, 0.15) is 10.9 Å². The number of likely N-dealkylation sites (N-methyl/N-ethyl adjacent to an activating group) is 1. The summed E-state index contributed by atoms with van der Waals surface area (Å²) >= 11 is 1.67. The van der Waals surface area contributed by atoms with Crippen LogP contribution in [-0.2, 0) is 18.4 Å². The molecule has 2 heterocycles. The van der Waals surface area contributed by atoms with Gasteiger partial charge in [0.25, 0.3) is 0 Å². The molecule has 0 aliphatic heterocycles. The lowest BCUT2D eigenvalue weighted by molar-refractivity contribution is -0.121. The second kappa shape index (κ2) is 7.25. The molecule has 0 saturated heterocycles. The van der Waals surface area contributed by atoms with E-state index in [2.05, 4.69) is 16.3 Å². The number of carbonyl (C=O) groups is 1. The molecule has 0 aliphatic carbocycles. The van der Waals surface area contributed by atoms with Crippen molar-refractivity contribution in [3.8, 4) is 0 Å². The maximum Gasteiger partial charge on any atom is 0.329 e. The molecule has 0 bridgehead atoms. The third-order valence-corrected chi connectivity index (χ3v) is 5.31. The number of hydrogen-bond donors (Lipinski definition) is 1. The van der Waals surface area contributed by atoms with Gasteiger partial charge in [0.1, 0.15) is 6.54 Å². The second-order valence-electron chi connectivity index (χ2n) is 6.22. The lowest BCUT2D eigenvalue weighted by Gasteiger charge is -2.23. The number of carbonyl (C=O) groups excluding carboxylic acids is 1. The summed E-state index contributed by atoms with van der Waals surface area (Å²) in [5.74, 6) is -0.165. The normalized spacial score (nSPS) is 12.6. The second-order valence-corrected chi connectivity index (χ2v) is 7.19. The third-order valence-electron chi connectivity index (χ3n) is 4.34. The number of rotatable bonds is 6. The first kappa shape index (κ1) is 17.4. The lowest BCUT2D eigenvalue weighted by Crippen LogP contribution is -2.37. The van der Waals surface area contributed by atoms with Gasteiger partial charge in [0.2, 0.25) is 5.91 Å². The van der Waals surface area contributed by atoms with Crippen molar-refractivity contribution in [1.29, 1.82) is 0 Å². The smallest absolute Gasteiger partial charge is 0.329 e. The van der Waals surface area contributed by atoms with Gasteiger partial charge in [-0.2, -0.15) is 0 Å². The summed E-state index contributed by atoms with van der Waals surface area (Å²) in [6.45, 7) is 0.524. The Morgan fingerprint density at radius 1 is 1.20 bits per heavy atom. The van der Waals surface area contributed by atoms with Gasteiger partial charge in [0, 0.05) is 18.5 Å². The van der Waals surface area contributed by atoms with Crippen molar-refractivity contribution in [3.05, 3.63) is 57.1 Å². The predicted molar refractivity (Wildman–Crippen MR) is 101 cm³/mol. The molecule has 6 nitrogen and oxygen atoms in total. The quantitative estimate of drug-likeness (QED) is 0.731. The van der Waals surface area contributed by atoms with Crippen LogP contribution in [0, 0.1) is 0 Å². The van der Waals surface area contributed by atoms with E-state index in [4.69, 9.17) is 0 Å². The minimum absolute atomic E-state index is 0.0186. The minimum atomic E-state index is -0.182. The van der Waals surface area contributed by atoms with E-state index in [0.29, 0.717) is 6.54 Å². The van der Waals surface area contributed by atoms with Crippen LogP contribution >= 0.6 is 11.3 Å². The molecule has 3 aromatic rings. The van der Waals surface area contributed by atoms with E-state index in [0.717, 1.165) is 11.0 Å². The first-order chi connectivity index (χ1) is 12.0. The van der Waals surface area contributed by atoms with Crippen molar-refractivity contribution in [2.45, 2.75) is 12.6 Å². The molecule has 1 amide bonds. The molecular weight excluding hydrogens is 336 g/mol. The van der Waals surface area contributed by atoms with Gasteiger partial charge in [-0.05, 0) is 37.7 Å². The summed E-state index contributed by atoms with van der Waals surface area (Å²) < 4.78 is 3.08. The number of nitrogens with one attached hydrogen (secondary N) is 1. The van der Waals surface area contributed by atoms with Crippen molar-refractivity contribution in [2.75, 3.05) is 20.6 Å². The van der Waals surface area contributed by atoms with Gasteiger partial charge in [0.15, 0.2) is 0 Å². The molecule has 132 valence electrons. The summed E-state index contributed by atoms with van der Waals surface area (Å²) in [6, 6.07) is 11.7. The van der Waals surface area contributed by atoms with Crippen molar-refractivity contribution in [1.82, 2.24) is 19.4 Å². The van der Waals surface area contributed by atoms with Crippen LogP contribution in [0.25, 0.3) is 11.0 Å². The molecule has 1 atom stereocenters. The van der Waals surface area contributed by atoms with Gasteiger partial charge >= 0.3 is 5.69 Å². The average molecular weight is 358 g/mol. The number of imidazole rings is 1. The summed E-state index contributed by atoms with van der Waals surface area (Å²) in [6.07, 6.45) is 0. The van der Waals surface area contributed by atoms with Gasteiger partial charge in [-0.15, -0.1) is 11.3 Å². The number of fused-ring (bicyclic) bond motifs is 1.